The van der Waals surface area contributed by atoms with Gasteiger partial charge in [0.1, 0.15) is 0 Å². The number of nitrogens with zero attached hydrogens (tertiary/aromatic N) is 2. The predicted octanol–water partition coefficient (Wildman–Crippen LogP) is 4.04. The van der Waals surface area contributed by atoms with Gasteiger partial charge in [0, 0.05) is 24.0 Å². The summed E-state index contributed by atoms with van der Waals surface area (Å²) in [5.74, 6) is 0.610. The summed E-state index contributed by atoms with van der Waals surface area (Å²) in [4.78, 5) is 19.1. The topological polar surface area (TPSA) is 45.2 Å². The molecule has 3 rings (SSSR count). The number of anilines is 1. The summed E-state index contributed by atoms with van der Waals surface area (Å²) in [6.07, 6.45) is 4.29. The number of piperidine rings is 1. The Kier molecular flexibility index (Phi) is 5.08. The summed E-state index contributed by atoms with van der Waals surface area (Å²) in [7, 11) is 0. The van der Waals surface area contributed by atoms with Crippen molar-refractivity contribution in [3.8, 4) is 0 Å². The van der Waals surface area contributed by atoms with E-state index in [9.17, 15) is 4.79 Å². The van der Waals surface area contributed by atoms with Crippen LogP contribution in [0, 0.1) is 0 Å². The first-order valence-corrected chi connectivity index (χ1v) is 8.97. The molecule has 1 fully saturated rings. The lowest BCUT2D eigenvalue weighted by molar-refractivity contribution is -0.114. The first-order chi connectivity index (χ1) is 11.1. The highest BCUT2D eigenvalue weighted by Gasteiger charge is 2.25. The smallest absolute Gasteiger partial charge is 0.223 e. The Morgan fingerprint density at radius 1 is 1.30 bits per heavy atom. The molecule has 1 aromatic carbocycles. The van der Waals surface area contributed by atoms with Gasteiger partial charge in [0.25, 0.3) is 0 Å². The van der Waals surface area contributed by atoms with Crippen molar-refractivity contribution in [3.63, 3.8) is 0 Å². The lowest BCUT2D eigenvalue weighted by Crippen LogP contribution is -2.34. The highest BCUT2D eigenvalue weighted by Crippen LogP contribution is 2.34. The van der Waals surface area contributed by atoms with Crippen molar-refractivity contribution in [2.75, 3.05) is 18.4 Å². The van der Waals surface area contributed by atoms with Crippen molar-refractivity contribution in [2.24, 2.45) is 0 Å². The largest absolute Gasteiger partial charge is 0.302 e. The van der Waals surface area contributed by atoms with Crippen molar-refractivity contribution in [3.05, 3.63) is 47.0 Å². The minimum Gasteiger partial charge on any atom is -0.302 e. The zero-order valence-electron chi connectivity index (χ0n) is 13.7. The van der Waals surface area contributed by atoms with Crippen molar-refractivity contribution < 1.29 is 4.79 Å². The molecule has 23 heavy (non-hydrogen) atoms. The van der Waals surface area contributed by atoms with Gasteiger partial charge in [0.15, 0.2) is 5.13 Å². The van der Waals surface area contributed by atoms with E-state index in [1.807, 2.05) is 6.20 Å². The first-order valence-electron chi connectivity index (χ1n) is 8.16. The zero-order chi connectivity index (χ0) is 16.2. The van der Waals surface area contributed by atoms with Crippen LogP contribution >= 0.6 is 11.3 Å². The number of thiazole rings is 1. The maximum Gasteiger partial charge on any atom is 0.223 e. The van der Waals surface area contributed by atoms with E-state index < -0.39 is 0 Å². The summed E-state index contributed by atoms with van der Waals surface area (Å²) in [6.45, 7) is 5.95. The number of hydrogen-bond acceptors (Lipinski definition) is 4. The van der Waals surface area contributed by atoms with E-state index in [-0.39, 0.29) is 5.91 Å². The molecule has 2 heterocycles. The Morgan fingerprint density at radius 2 is 2.00 bits per heavy atom. The molecule has 4 nitrogen and oxygen atoms in total. The Hall–Kier alpha value is -1.72. The molecule has 0 bridgehead atoms. The van der Waals surface area contributed by atoms with Gasteiger partial charge in [-0.25, -0.2) is 4.98 Å². The fraction of sp³-hybridized carbons (Fsp3) is 0.444. The molecular weight excluding hydrogens is 306 g/mol. The number of aromatic nitrogens is 1. The number of carbonyl (C=O) groups excluding carboxylic acids is 1. The van der Waals surface area contributed by atoms with Crippen molar-refractivity contribution in [2.45, 2.75) is 38.6 Å². The van der Waals surface area contributed by atoms with E-state index in [4.69, 9.17) is 0 Å². The van der Waals surface area contributed by atoms with E-state index in [1.54, 1.807) is 11.3 Å². The molecule has 1 unspecified atom stereocenters. The molecule has 0 spiro atoms. The summed E-state index contributed by atoms with van der Waals surface area (Å²) in [5, 5.41) is 3.45. The monoisotopic (exact) mass is 329 g/mol. The van der Waals surface area contributed by atoms with Gasteiger partial charge in [0.2, 0.25) is 5.91 Å². The van der Waals surface area contributed by atoms with Crippen LogP contribution in [0.15, 0.2) is 36.5 Å². The molecule has 0 saturated carbocycles. The predicted molar refractivity (Wildman–Crippen MR) is 94.8 cm³/mol. The maximum absolute atomic E-state index is 11.1. The molecule has 1 saturated heterocycles. The van der Waals surface area contributed by atoms with Gasteiger partial charge in [0.05, 0.1) is 0 Å². The highest BCUT2D eigenvalue weighted by molar-refractivity contribution is 7.15. The van der Waals surface area contributed by atoms with E-state index in [1.165, 1.54) is 30.2 Å². The van der Waals surface area contributed by atoms with Crippen LogP contribution in [0.5, 0.6) is 0 Å². The highest BCUT2D eigenvalue weighted by atomic mass is 32.1. The van der Waals surface area contributed by atoms with Gasteiger partial charge in [-0.3, -0.25) is 9.69 Å². The van der Waals surface area contributed by atoms with Crippen LogP contribution < -0.4 is 5.32 Å². The molecule has 1 N–H and O–H groups in total. The summed E-state index contributed by atoms with van der Waals surface area (Å²) >= 11 is 1.58. The minimum atomic E-state index is -0.0674. The van der Waals surface area contributed by atoms with Crippen LogP contribution in [0.25, 0.3) is 0 Å². The molecular formula is C18H23N3OS. The molecule has 122 valence electrons. The van der Waals surface area contributed by atoms with E-state index >= 15 is 0 Å². The third kappa shape index (κ3) is 3.98. The number of nitrogens with one attached hydrogen (secondary N) is 1. The molecule has 1 aliphatic rings. The van der Waals surface area contributed by atoms with Crippen molar-refractivity contribution in [1.82, 2.24) is 9.88 Å². The summed E-state index contributed by atoms with van der Waals surface area (Å²) in [6, 6.07) is 11.2. The minimum absolute atomic E-state index is 0.0674. The van der Waals surface area contributed by atoms with Crippen molar-refractivity contribution in [1.29, 1.82) is 0 Å². The van der Waals surface area contributed by atoms with Gasteiger partial charge in [-0.1, -0.05) is 30.3 Å². The van der Waals surface area contributed by atoms with Gasteiger partial charge in [-0.2, -0.15) is 0 Å². The fourth-order valence-electron chi connectivity index (χ4n) is 3.21. The molecule has 1 aromatic heterocycles. The number of hydrogen-bond donors (Lipinski definition) is 1. The normalized spacial score (nSPS) is 17.8. The first kappa shape index (κ1) is 16.1. The van der Waals surface area contributed by atoms with Crippen LogP contribution in [-0.2, 0) is 4.79 Å². The maximum atomic E-state index is 11.1. The van der Waals surface area contributed by atoms with Gasteiger partial charge < -0.3 is 5.32 Å². The zero-order valence-corrected chi connectivity index (χ0v) is 14.5. The second kappa shape index (κ2) is 7.23. The molecule has 2 aromatic rings. The van der Waals surface area contributed by atoms with Gasteiger partial charge >= 0.3 is 0 Å². The second-order valence-electron chi connectivity index (χ2n) is 6.15. The molecule has 1 atom stereocenters. The molecule has 1 aliphatic heterocycles. The van der Waals surface area contributed by atoms with Crippen molar-refractivity contribution >= 4 is 22.4 Å². The Bertz CT molecular complexity index is 647. The number of benzene rings is 1. The van der Waals surface area contributed by atoms with E-state index in [2.05, 4.69) is 52.5 Å². The number of carbonyl (C=O) groups is 1. The van der Waals surface area contributed by atoms with Crippen LogP contribution in [0.3, 0.4) is 0 Å². The molecule has 1 amide bonds. The standard InChI is InChI=1S/C18H23N3OS/c1-13(17-12-19-18(23-17)20-14(2)22)21-10-8-16(9-11-21)15-6-4-3-5-7-15/h3-7,12-13,16H,8-11H2,1-2H3,(H,19,20,22). The number of rotatable bonds is 4. The summed E-state index contributed by atoms with van der Waals surface area (Å²) in [5.41, 5.74) is 1.46. The van der Waals surface area contributed by atoms with Gasteiger partial charge in [-0.15, -0.1) is 11.3 Å². The Morgan fingerprint density at radius 3 is 2.65 bits per heavy atom. The SMILES string of the molecule is CC(=O)Nc1ncc(C(C)N2CCC(c3ccccc3)CC2)s1. The molecule has 0 radical (unpaired) electrons. The van der Waals surface area contributed by atoms with E-state index in [0.717, 1.165) is 13.1 Å². The number of likely N-dealkylation sites (tertiary alicyclic amines) is 1. The van der Waals surface area contributed by atoms with Crippen LogP contribution in [-0.4, -0.2) is 28.9 Å². The third-order valence-corrected chi connectivity index (χ3v) is 5.65. The van der Waals surface area contributed by atoms with Crippen LogP contribution in [0.4, 0.5) is 5.13 Å². The quantitative estimate of drug-likeness (QED) is 0.920. The lowest BCUT2D eigenvalue weighted by atomic mass is 9.89. The second-order valence-corrected chi connectivity index (χ2v) is 7.21. The fourth-order valence-corrected chi connectivity index (χ4v) is 4.16. The molecule has 5 heteroatoms. The van der Waals surface area contributed by atoms with Crippen LogP contribution in [0.1, 0.15) is 49.1 Å². The Balaban J connectivity index is 1.58. The number of amides is 1. The van der Waals surface area contributed by atoms with E-state index in [0.29, 0.717) is 17.1 Å². The van der Waals surface area contributed by atoms with Crippen LogP contribution in [0.2, 0.25) is 0 Å². The summed E-state index contributed by atoms with van der Waals surface area (Å²) < 4.78 is 0. The van der Waals surface area contributed by atoms with Gasteiger partial charge in [-0.05, 0) is 44.3 Å². The average molecular weight is 329 g/mol. The average Bonchev–Trinajstić information content (AvgIpc) is 3.03. The third-order valence-electron chi connectivity index (χ3n) is 4.57. The lowest BCUT2D eigenvalue weighted by Gasteiger charge is -2.35. The molecule has 0 aliphatic carbocycles. The Labute approximate surface area is 141 Å².